The van der Waals surface area contributed by atoms with E-state index in [2.05, 4.69) is 11.7 Å². The summed E-state index contributed by atoms with van der Waals surface area (Å²) in [7, 11) is 0. The molecule has 2 N–H and O–H groups in total. The molecule has 0 aromatic heterocycles. The van der Waals surface area contributed by atoms with E-state index >= 15 is 0 Å². The van der Waals surface area contributed by atoms with Crippen molar-refractivity contribution in [3.63, 3.8) is 0 Å². The molecule has 0 heterocycles. The SMILES string of the molecule is C/C(CCOCc1ccccc1)=N\O.C=CC(C)=O.OCc1ccccc1. The fourth-order valence-electron chi connectivity index (χ4n) is 1.62. The number of ether oxygens (including phenoxy) is 1. The zero-order chi connectivity index (χ0) is 20.3. The topological polar surface area (TPSA) is 79.1 Å². The maximum atomic E-state index is 9.69. The van der Waals surface area contributed by atoms with Crippen molar-refractivity contribution in [3.05, 3.63) is 84.4 Å². The van der Waals surface area contributed by atoms with E-state index in [1.807, 2.05) is 60.7 Å². The predicted octanol–water partition coefficient (Wildman–Crippen LogP) is 4.38. The summed E-state index contributed by atoms with van der Waals surface area (Å²) in [6.45, 7) is 7.78. The molecule has 2 aromatic carbocycles. The van der Waals surface area contributed by atoms with E-state index in [9.17, 15) is 4.79 Å². The summed E-state index contributed by atoms with van der Waals surface area (Å²) < 4.78 is 5.40. The van der Waals surface area contributed by atoms with E-state index in [1.165, 1.54) is 13.0 Å². The molecule has 0 radical (unpaired) electrons. The van der Waals surface area contributed by atoms with Crippen LogP contribution in [0.5, 0.6) is 0 Å². The Morgan fingerprint density at radius 1 is 1.04 bits per heavy atom. The Bertz CT molecular complexity index is 655. The van der Waals surface area contributed by atoms with Crippen LogP contribution in [0.4, 0.5) is 0 Å². The highest BCUT2D eigenvalue weighted by atomic mass is 16.5. The molecular formula is C22H29NO4. The van der Waals surface area contributed by atoms with Gasteiger partial charge >= 0.3 is 0 Å². The lowest BCUT2D eigenvalue weighted by molar-refractivity contribution is -0.112. The van der Waals surface area contributed by atoms with Gasteiger partial charge in [-0.25, -0.2) is 0 Å². The fourth-order valence-corrected chi connectivity index (χ4v) is 1.62. The first-order valence-electron chi connectivity index (χ1n) is 8.60. The Hall–Kier alpha value is -2.76. The predicted molar refractivity (Wildman–Crippen MR) is 109 cm³/mol. The average Bonchev–Trinajstić information content (AvgIpc) is 2.73. The van der Waals surface area contributed by atoms with Gasteiger partial charge < -0.3 is 15.1 Å². The van der Waals surface area contributed by atoms with Crippen molar-refractivity contribution in [1.82, 2.24) is 0 Å². The van der Waals surface area contributed by atoms with Gasteiger partial charge in [0, 0.05) is 6.42 Å². The summed E-state index contributed by atoms with van der Waals surface area (Å²) in [6.07, 6.45) is 1.95. The first-order valence-corrected chi connectivity index (χ1v) is 8.60. The van der Waals surface area contributed by atoms with E-state index in [0.29, 0.717) is 25.3 Å². The Morgan fingerprint density at radius 2 is 1.52 bits per heavy atom. The van der Waals surface area contributed by atoms with Crippen molar-refractivity contribution < 1.29 is 19.8 Å². The Balaban J connectivity index is 0.000000437. The maximum Gasteiger partial charge on any atom is 0.152 e. The highest BCUT2D eigenvalue weighted by Gasteiger charge is 1.94. The van der Waals surface area contributed by atoms with Gasteiger partial charge in [0.25, 0.3) is 0 Å². The monoisotopic (exact) mass is 371 g/mol. The van der Waals surface area contributed by atoms with Crippen molar-refractivity contribution in [2.75, 3.05) is 6.61 Å². The molecule has 0 bridgehead atoms. The lowest BCUT2D eigenvalue weighted by atomic mass is 10.2. The average molecular weight is 371 g/mol. The van der Waals surface area contributed by atoms with E-state index in [-0.39, 0.29) is 12.4 Å². The van der Waals surface area contributed by atoms with E-state index < -0.39 is 0 Å². The molecule has 2 rings (SSSR count). The summed E-state index contributed by atoms with van der Waals surface area (Å²) >= 11 is 0. The molecule has 0 aliphatic carbocycles. The number of aliphatic hydroxyl groups is 1. The number of aliphatic hydroxyl groups excluding tert-OH is 1. The standard InChI is InChI=1S/C11H15NO2.C7H8O.C4H6O/c1-10(12-13)7-8-14-9-11-5-3-2-4-6-11;8-6-7-4-2-1-3-5-7;1-3-4(2)5/h2-6,13H,7-9H2,1H3;1-5,8H,6H2;3H,1H2,2H3/b12-10+;;. The lowest BCUT2D eigenvalue weighted by Gasteiger charge is -2.03. The van der Waals surface area contributed by atoms with Gasteiger partial charge in [-0.05, 0) is 31.1 Å². The molecule has 0 aliphatic heterocycles. The number of carbonyl (C=O) groups is 1. The van der Waals surface area contributed by atoms with Gasteiger partial charge in [-0.3, -0.25) is 4.79 Å². The van der Waals surface area contributed by atoms with Crippen LogP contribution in [0.3, 0.4) is 0 Å². The molecule has 5 heteroatoms. The van der Waals surface area contributed by atoms with Crippen LogP contribution in [0, 0.1) is 0 Å². The van der Waals surface area contributed by atoms with Crippen LogP contribution < -0.4 is 0 Å². The van der Waals surface area contributed by atoms with Gasteiger partial charge in [0.1, 0.15) is 0 Å². The van der Waals surface area contributed by atoms with E-state index in [0.717, 1.165) is 11.1 Å². The number of rotatable bonds is 7. The largest absolute Gasteiger partial charge is 0.411 e. The second kappa shape index (κ2) is 16.7. The van der Waals surface area contributed by atoms with Crippen molar-refractivity contribution >= 4 is 11.5 Å². The number of allylic oxidation sites excluding steroid dienone is 1. The van der Waals surface area contributed by atoms with Crippen molar-refractivity contribution in [1.29, 1.82) is 0 Å². The van der Waals surface area contributed by atoms with Crippen molar-refractivity contribution in [3.8, 4) is 0 Å². The molecule has 0 fully saturated rings. The number of carbonyl (C=O) groups excluding carboxylic acids is 1. The third-order valence-corrected chi connectivity index (χ3v) is 3.20. The highest BCUT2D eigenvalue weighted by Crippen LogP contribution is 2.01. The molecular weight excluding hydrogens is 342 g/mol. The lowest BCUT2D eigenvalue weighted by Crippen LogP contribution is -2.00. The first kappa shape index (κ1) is 24.2. The smallest absolute Gasteiger partial charge is 0.152 e. The summed E-state index contributed by atoms with van der Waals surface area (Å²) in [5.41, 5.74) is 2.82. The normalized spacial score (nSPS) is 9.96. The first-order chi connectivity index (χ1) is 13.0. The molecule has 146 valence electrons. The third-order valence-electron chi connectivity index (χ3n) is 3.20. The summed E-state index contributed by atoms with van der Waals surface area (Å²) in [5, 5.41) is 20.0. The molecule has 0 saturated carbocycles. The van der Waals surface area contributed by atoms with Gasteiger partial charge in [0.15, 0.2) is 5.78 Å². The van der Waals surface area contributed by atoms with Crippen LogP contribution >= 0.6 is 0 Å². The zero-order valence-corrected chi connectivity index (χ0v) is 16.0. The van der Waals surface area contributed by atoms with Gasteiger partial charge in [0.05, 0.1) is 25.5 Å². The van der Waals surface area contributed by atoms with E-state index in [4.69, 9.17) is 15.1 Å². The minimum Gasteiger partial charge on any atom is -0.411 e. The summed E-state index contributed by atoms with van der Waals surface area (Å²) in [5.74, 6) is 0.0185. The second-order valence-corrected chi connectivity index (χ2v) is 5.58. The number of oxime groups is 1. The zero-order valence-electron chi connectivity index (χ0n) is 16.0. The minimum absolute atomic E-state index is 0.0185. The molecule has 0 unspecified atom stereocenters. The maximum absolute atomic E-state index is 9.69. The number of nitrogens with zero attached hydrogens (tertiary/aromatic N) is 1. The van der Waals surface area contributed by atoms with Crippen molar-refractivity contribution in [2.45, 2.75) is 33.5 Å². The van der Waals surface area contributed by atoms with Crippen LogP contribution in [-0.4, -0.2) is 28.4 Å². The molecule has 0 saturated heterocycles. The molecule has 2 aromatic rings. The molecule has 0 aliphatic rings. The number of benzene rings is 2. The minimum atomic E-state index is 0.0185. The highest BCUT2D eigenvalue weighted by molar-refractivity contribution is 5.86. The molecule has 27 heavy (non-hydrogen) atoms. The Morgan fingerprint density at radius 3 is 1.89 bits per heavy atom. The molecule has 0 amide bonds. The van der Waals surface area contributed by atoms with Crippen LogP contribution in [-0.2, 0) is 22.7 Å². The third kappa shape index (κ3) is 15.2. The van der Waals surface area contributed by atoms with Crippen LogP contribution in [0.1, 0.15) is 31.4 Å². The summed E-state index contributed by atoms with van der Waals surface area (Å²) in [4.78, 5) is 9.69. The van der Waals surface area contributed by atoms with Gasteiger partial charge in [-0.1, -0.05) is 72.4 Å². The van der Waals surface area contributed by atoms with Crippen LogP contribution in [0.2, 0.25) is 0 Å². The molecule has 0 spiro atoms. The van der Waals surface area contributed by atoms with Gasteiger partial charge in [-0.15, -0.1) is 0 Å². The Labute approximate surface area is 161 Å². The van der Waals surface area contributed by atoms with Crippen LogP contribution in [0.25, 0.3) is 0 Å². The van der Waals surface area contributed by atoms with E-state index in [1.54, 1.807) is 6.92 Å². The van der Waals surface area contributed by atoms with Crippen LogP contribution in [0.15, 0.2) is 78.5 Å². The van der Waals surface area contributed by atoms with Gasteiger partial charge in [0.2, 0.25) is 0 Å². The van der Waals surface area contributed by atoms with Crippen molar-refractivity contribution in [2.24, 2.45) is 5.16 Å². The number of ketones is 1. The van der Waals surface area contributed by atoms with Gasteiger partial charge in [-0.2, -0.15) is 0 Å². The number of hydrogen-bond donors (Lipinski definition) is 2. The molecule has 5 nitrogen and oxygen atoms in total. The summed E-state index contributed by atoms with van der Waals surface area (Å²) in [6, 6.07) is 19.5. The quantitative estimate of drug-likeness (QED) is 0.249. The Kier molecular flexibility index (Phi) is 15.0. The second-order valence-electron chi connectivity index (χ2n) is 5.58. The fraction of sp³-hybridized carbons (Fsp3) is 0.273. The molecule has 0 atom stereocenters. The number of hydrogen-bond acceptors (Lipinski definition) is 5.